The average Bonchev–Trinajstić information content (AvgIpc) is 2.09. The summed E-state index contributed by atoms with van der Waals surface area (Å²) in [5.74, 6) is -2.05. The van der Waals surface area contributed by atoms with E-state index >= 15 is 0 Å². The molecule has 0 heterocycles. The Morgan fingerprint density at radius 1 is 1.40 bits per heavy atom. The van der Waals surface area contributed by atoms with Crippen LogP contribution in [0.3, 0.4) is 0 Å². The van der Waals surface area contributed by atoms with Crippen LogP contribution >= 0.6 is 34.8 Å². The number of hydrogen-bond donors (Lipinski definition) is 2. The molecule has 0 bridgehead atoms. The molecule has 0 saturated carbocycles. The number of unbranched alkanes of at least 4 members (excludes halogenated alkanes) is 1. The smallest absolute Gasteiger partial charge is 0.326 e. The summed E-state index contributed by atoms with van der Waals surface area (Å²) in [6.45, 7) is 1.91. The van der Waals surface area contributed by atoms with Crippen molar-refractivity contribution < 1.29 is 14.7 Å². The van der Waals surface area contributed by atoms with Crippen LogP contribution in [0.5, 0.6) is 0 Å². The lowest BCUT2D eigenvalue weighted by Gasteiger charge is -2.17. The van der Waals surface area contributed by atoms with Crippen molar-refractivity contribution in [1.29, 1.82) is 0 Å². The first-order chi connectivity index (χ1) is 6.79. The van der Waals surface area contributed by atoms with Crippen LogP contribution < -0.4 is 5.32 Å². The molecule has 0 aromatic heterocycles. The van der Waals surface area contributed by atoms with Gasteiger partial charge < -0.3 is 10.4 Å². The molecule has 0 rings (SSSR count). The molecular formula is C8H12Cl3NO3. The number of amides is 1. The lowest BCUT2D eigenvalue weighted by Crippen LogP contribution is -2.45. The molecule has 0 radical (unpaired) electrons. The Balaban J connectivity index is 4.29. The van der Waals surface area contributed by atoms with Gasteiger partial charge in [0.25, 0.3) is 9.70 Å². The highest BCUT2D eigenvalue weighted by Gasteiger charge is 2.33. The number of carbonyl (C=O) groups excluding carboxylic acids is 1. The molecule has 1 amide bonds. The third kappa shape index (κ3) is 6.07. The van der Waals surface area contributed by atoms with Gasteiger partial charge in [-0.3, -0.25) is 4.79 Å². The van der Waals surface area contributed by atoms with Gasteiger partial charge in [0.15, 0.2) is 0 Å². The molecule has 7 heteroatoms. The van der Waals surface area contributed by atoms with E-state index in [1.54, 1.807) is 0 Å². The summed E-state index contributed by atoms with van der Waals surface area (Å²) in [5.41, 5.74) is 0. The summed E-state index contributed by atoms with van der Waals surface area (Å²) < 4.78 is -2.13. The fraction of sp³-hybridized carbons (Fsp3) is 0.750. The number of halogens is 3. The number of alkyl halides is 3. The minimum Gasteiger partial charge on any atom is -0.480 e. The normalized spacial score (nSPS) is 13.3. The molecule has 0 aliphatic heterocycles. The highest BCUT2D eigenvalue weighted by Crippen LogP contribution is 2.26. The second kappa shape index (κ2) is 6.40. The fourth-order valence-corrected chi connectivity index (χ4v) is 1.07. The molecule has 4 nitrogen and oxygen atoms in total. The average molecular weight is 277 g/mol. The van der Waals surface area contributed by atoms with Crippen molar-refractivity contribution in [3.8, 4) is 0 Å². The third-order valence-electron chi connectivity index (χ3n) is 1.71. The van der Waals surface area contributed by atoms with Gasteiger partial charge >= 0.3 is 5.97 Å². The van der Waals surface area contributed by atoms with Crippen molar-refractivity contribution in [2.75, 3.05) is 0 Å². The molecule has 0 aromatic rings. The number of rotatable bonds is 5. The van der Waals surface area contributed by atoms with Crippen molar-refractivity contribution in [3.05, 3.63) is 0 Å². The van der Waals surface area contributed by atoms with Crippen LogP contribution in [0.15, 0.2) is 0 Å². The van der Waals surface area contributed by atoms with E-state index in [2.05, 4.69) is 5.32 Å². The van der Waals surface area contributed by atoms with Gasteiger partial charge in [0.2, 0.25) is 0 Å². The van der Waals surface area contributed by atoms with Gasteiger partial charge in [0.1, 0.15) is 6.04 Å². The van der Waals surface area contributed by atoms with Crippen molar-refractivity contribution in [2.24, 2.45) is 0 Å². The maximum atomic E-state index is 11.2. The van der Waals surface area contributed by atoms with Gasteiger partial charge in [-0.1, -0.05) is 54.6 Å². The molecule has 0 aromatic carbocycles. The molecular weight excluding hydrogens is 264 g/mol. The van der Waals surface area contributed by atoms with E-state index in [0.29, 0.717) is 12.8 Å². The summed E-state index contributed by atoms with van der Waals surface area (Å²) in [5, 5.41) is 10.9. The van der Waals surface area contributed by atoms with Gasteiger partial charge in [0.05, 0.1) is 0 Å². The maximum absolute atomic E-state index is 11.2. The van der Waals surface area contributed by atoms with E-state index in [1.165, 1.54) is 0 Å². The van der Waals surface area contributed by atoms with Gasteiger partial charge in [0, 0.05) is 0 Å². The monoisotopic (exact) mass is 275 g/mol. The summed E-state index contributed by atoms with van der Waals surface area (Å²) in [6.07, 6.45) is 1.82. The summed E-state index contributed by atoms with van der Waals surface area (Å²) in [6, 6.07) is -1.01. The standard InChI is InChI=1S/C8H12Cl3NO3/c1-2-3-4-5(6(13)14)12-7(15)8(9,10)11/h5H,2-4H2,1H3,(H,12,15)(H,13,14)/t5-/m0/s1. The topological polar surface area (TPSA) is 66.4 Å². The Morgan fingerprint density at radius 2 is 1.93 bits per heavy atom. The Hall–Kier alpha value is -0.190. The molecule has 0 fully saturated rings. The second-order valence-corrected chi connectivity index (χ2v) is 5.29. The van der Waals surface area contributed by atoms with Gasteiger partial charge in [-0.2, -0.15) is 0 Å². The first kappa shape index (κ1) is 14.8. The summed E-state index contributed by atoms with van der Waals surface area (Å²) >= 11 is 15.9. The lowest BCUT2D eigenvalue weighted by atomic mass is 10.1. The molecule has 0 aliphatic rings. The quantitative estimate of drug-likeness (QED) is 0.756. The van der Waals surface area contributed by atoms with E-state index in [4.69, 9.17) is 39.9 Å². The van der Waals surface area contributed by atoms with Crippen LogP contribution in [0.1, 0.15) is 26.2 Å². The first-order valence-corrected chi connectivity index (χ1v) is 5.53. The zero-order valence-electron chi connectivity index (χ0n) is 8.10. The van der Waals surface area contributed by atoms with Gasteiger partial charge in [-0.05, 0) is 6.42 Å². The van der Waals surface area contributed by atoms with Gasteiger partial charge in [-0.25, -0.2) is 4.79 Å². The first-order valence-electron chi connectivity index (χ1n) is 4.39. The molecule has 1 atom stereocenters. The molecule has 15 heavy (non-hydrogen) atoms. The second-order valence-electron chi connectivity index (χ2n) is 3.00. The predicted octanol–water partition coefficient (Wildman–Crippen LogP) is 2.12. The zero-order chi connectivity index (χ0) is 12.1. The minimum absolute atomic E-state index is 0.318. The van der Waals surface area contributed by atoms with Crippen LogP contribution in [-0.2, 0) is 9.59 Å². The van der Waals surface area contributed by atoms with E-state index < -0.39 is 21.7 Å². The van der Waals surface area contributed by atoms with Crippen molar-refractivity contribution in [1.82, 2.24) is 5.32 Å². The molecule has 0 saturated heterocycles. The molecule has 88 valence electrons. The summed E-state index contributed by atoms with van der Waals surface area (Å²) in [4.78, 5) is 21.9. The summed E-state index contributed by atoms with van der Waals surface area (Å²) in [7, 11) is 0. The zero-order valence-corrected chi connectivity index (χ0v) is 10.4. The van der Waals surface area contributed by atoms with E-state index in [0.717, 1.165) is 6.42 Å². The number of aliphatic carboxylic acids is 1. The third-order valence-corrected chi connectivity index (χ3v) is 2.22. The van der Waals surface area contributed by atoms with Crippen molar-refractivity contribution in [3.63, 3.8) is 0 Å². The Kier molecular flexibility index (Phi) is 6.32. The molecule has 0 aliphatic carbocycles. The van der Waals surface area contributed by atoms with Crippen LogP contribution in [0.25, 0.3) is 0 Å². The predicted molar refractivity (Wildman–Crippen MR) is 59.4 cm³/mol. The number of carboxylic acid groups (broad SMARTS) is 1. The largest absolute Gasteiger partial charge is 0.480 e. The Labute approximate surface area is 103 Å². The van der Waals surface area contributed by atoms with E-state index in [1.807, 2.05) is 6.92 Å². The number of carboxylic acids is 1. The highest BCUT2D eigenvalue weighted by atomic mass is 35.6. The van der Waals surface area contributed by atoms with Crippen LogP contribution in [0, 0.1) is 0 Å². The number of nitrogens with one attached hydrogen (secondary N) is 1. The highest BCUT2D eigenvalue weighted by molar-refractivity contribution is 6.76. The van der Waals surface area contributed by atoms with Crippen molar-refractivity contribution >= 4 is 46.7 Å². The van der Waals surface area contributed by atoms with Crippen LogP contribution in [0.2, 0.25) is 0 Å². The lowest BCUT2D eigenvalue weighted by molar-refractivity contribution is -0.141. The maximum Gasteiger partial charge on any atom is 0.326 e. The Morgan fingerprint density at radius 3 is 2.27 bits per heavy atom. The van der Waals surface area contributed by atoms with Crippen LogP contribution in [0.4, 0.5) is 0 Å². The van der Waals surface area contributed by atoms with E-state index in [9.17, 15) is 9.59 Å². The SMILES string of the molecule is CCCC[C@H](NC(=O)C(Cl)(Cl)Cl)C(=O)O. The number of carbonyl (C=O) groups is 2. The number of hydrogen-bond acceptors (Lipinski definition) is 2. The van der Waals surface area contributed by atoms with Gasteiger partial charge in [-0.15, -0.1) is 0 Å². The molecule has 0 spiro atoms. The fourth-order valence-electron chi connectivity index (χ4n) is 0.906. The Bertz CT molecular complexity index is 240. The van der Waals surface area contributed by atoms with Crippen molar-refractivity contribution in [2.45, 2.75) is 36.0 Å². The molecule has 0 unspecified atom stereocenters. The van der Waals surface area contributed by atoms with Crippen LogP contribution in [-0.4, -0.2) is 26.8 Å². The molecule has 2 N–H and O–H groups in total. The van der Waals surface area contributed by atoms with E-state index in [-0.39, 0.29) is 0 Å². The minimum atomic E-state index is -2.13.